The van der Waals surface area contributed by atoms with Gasteiger partial charge in [0.15, 0.2) is 0 Å². The van der Waals surface area contributed by atoms with Gasteiger partial charge in [0.2, 0.25) is 0 Å². The topological polar surface area (TPSA) is 21.3 Å². The quantitative estimate of drug-likeness (QED) is 0.696. The highest BCUT2D eigenvalue weighted by atomic mass is 16.5. The van der Waals surface area contributed by atoms with Crippen molar-refractivity contribution in [3.63, 3.8) is 0 Å². The van der Waals surface area contributed by atoms with Crippen molar-refractivity contribution in [3.8, 4) is 5.75 Å². The number of rotatable bonds is 8. The molecule has 0 heterocycles. The molecular weight excluding hydrogens is 210 g/mol. The van der Waals surface area contributed by atoms with Crippen LogP contribution in [0.4, 0.5) is 0 Å². The van der Waals surface area contributed by atoms with E-state index >= 15 is 0 Å². The average Bonchev–Trinajstić information content (AvgIpc) is 2.35. The number of hydrogen-bond acceptors (Lipinski definition) is 2. The fraction of sp³-hybridized carbons (Fsp3) is 0.600. The minimum atomic E-state index is 0.632. The predicted molar refractivity (Wildman–Crippen MR) is 73.7 cm³/mol. The van der Waals surface area contributed by atoms with Gasteiger partial charge < -0.3 is 10.1 Å². The van der Waals surface area contributed by atoms with E-state index < -0.39 is 0 Å². The van der Waals surface area contributed by atoms with Gasteiger partial charge in [-0.05, 0) is 51.8 Å². The third-order valence-electron chi connectivity index (χ3n) is 2.97. The van der Waals surface area contributed by atoms with Crippen LogP contribution in [-0.4, -0.2) is 19.2 Å². The summed E-state index contributed by atoms with van der Waals surface area (Å²) in [6.07, 6.45) is 3.48. The second kappa shape index (κ2) is 8.13. The van der Waals surface area contributed by atoms with Crippen LogP contribution >= 0.6 is 0 Å². The Balaban J connectivity index is 2.02. The van der Waals surface area contributed by atoms with Crippen LogP contribution in [0.25, 0.3) is 0 Å². The Kier molecular flexibility index (Phi) is 6.71. The summed E-state index contributed by atoms with van der Waals surface area (Å²) in [5.41, 5.74) is 1.27. The molecule has 0 spiro atoms. The minimum Gasteiger partial charge on any atom is -0.494 e. The van der Waals surface area contributed by atoms with Gasteiger partial charge in [0.25, 0.3) is 0 Å². The maximum atomic E-state index is 5.67. The molecule has 1 aromatic carbocycles. The Morgan fingerprint density at radius 2 is 1.88 bits per heavy atom. The van der Waals surface area contributed by atoms with Gasteiger partial charge >= 0.3 is 0 Å². The molecule has 0 fully saturated rings. The summed E-state index contributed by atoms with van der Waals surface area (Å²) in [7, 11) is 0. The number of aryl methyl sites for hydroxylation is 1. The van der Waals surface area contributed by atoms with Crippen LogP contribution < -0.4 is 10.1 Å². The van der Waals surface area contributed by atoms with Crippen LogP contribution in [-0.2, 0) is 0 Å². The van der Waals surface area contributed by atoms with Crippen LogP contribution in [0, 0.1) is 6.92 Å². The number of nitrogens with one attached hydrogen (secondary N) is 1. The minimum absolute atomic E-state index is 0.632. The average molecular weight is 235 g/mol. The lowest BCUT2D eigenvalue weighted by Crippen LogP contribution is -2.26. The molecule has 1 atom stereocenters. The summed E-state index contributed by atoms with van der Waals surface area (Å²) in [4.78, 5) is 0. The van der Waals surface area contributed by atoms with E-state index in [4.69, 9.17) is 4.74 Å². The lowest BCUT2D eigenvalue weighted by molar-refractivity contribution is 0.304. The molecule has 0 saturated heterocycles. The highest BCUT2D eigenvalue weighted by Crippen LogP contribution is 2.11. The SMILES string of the molecule is CCC(C)NCCCCOc1ccc(C)cc1. The van der Waals surface area contributed by atoms with Crippen LogP contribution in [0.5, 0.6) is 5.75 Å². The Hall–Kier alpha value is -1.02. The predicted octanol–water partition coefficient (Wildman–Crippen LogP) is 3.54. The summed E-state index contributed by atoms with van der Waals surface area (Å²) in [6, 6.07) is 8.87. The Bertz CT molecular complexity index is 294. The molecule has 0 radical (unpaired) electrons. The normalized spacial score (nSPS) is 12.4. The summed E-state index contributed by atoms with van der Waals surface area (Å²) in [6.45, 7) is 8.42. The summed E-state index contributed by atoms with van der Waals surface area (Å²) in [5, 5.41) is 3.48. The Morgan fingerprint density at radius 1 is 1.18 bits per heavy atom. The number of ether oxygens (including phenoxy) is 1. The van der Waals surface area contributed by atoms with E-state index in [2.05, 4.69) is 38.2 Å². The highest BCUT2D eigenvalue weighted by Gasteiger charge is 1.97. The molecule has 0 aliphatic rings. The molecule has 0 amide bonds. The van der Waals surface area contributed by atoms with E-state index in [0.29, 0.717) is 6.04 Å². The largest absolute Gasteiger partial charge is 0.494 e. The van der Waals surface area contributed by atoms with Gasteiger partial charge in [0, 0.05) is 6.04 Å². The molecule has 1 unspecified atom stereocenters. The van der Waals surface area contributed by atoms with Gasteiger partial charge in [-0.25, -0.2) is 0 Å². The molecule has 0 aliphatic carbocycles. The molecule has 1 rings (SSSR count). The molecule has 0 bridgehead atoms. The molecule has 0 saturated carbocycles. The van der Waals surface area contributed by atoms with Crippen molar-refractivity contribution in [2.45, 2.75) is 46.1 Å². The first-order chi connectivity index (χ1) is 8.22. The molecular formula is C15H25NO. The zero-order chi connectivity index (χ0) is 12.5. The van der Waals surface area contributed by atoms with Crippen molar-refractivity contribution in [2.24, 2.45) is 0 Å². The third-order valence-corrected chi connectivity index (χ3v) is 2.97. The summed E-state index contributed by atoms with van der Waals surface area (Å²) in [5.74, 6) is 0.977. The summed E-state index contributed by atoms with van der Waals surface area (Å²) < 4.78 is 5.67. The van der Waals surface area contributed by atoms with Gasteiger partial charge in [-0.1, -0.05) is 24.6 Å². The Morgan fingerprint density at radius 3 is 2.53 bits per heavy atom. The van der Waals surface area contributed by atoms with Gasteiger partial charge in [-0.15, -0.1) is 0 Å². The standard InChI is InChI=1S/C15H25NO/c1-4-14(3)16-11-5-6-12-17-15-9-7-13(2)8-10-15/h7-10,14,16H,4-6,11-12H2,1-3H3. The smallest absolute Gasteiger partial charge is 0.119 e. The van der Waals surface area contributed by atoms with Gasteiger partial charge in [0.1, 0.15) is 5.75 Å². The second-order valence-corrected chi connectivity index (χ2v) is 4.63. The maximum Gasteiger partial charge on any atom is 0.119 e. The van der Waals surface area contributed by atoms with Crippen molar-refractivity contribution in [1.82, 2.24) is 5.32 Å². The van der Waals surface area contributed by atoms with Crippen LogP contribution in [0.15, 0.2) is 24.3 Å². The first-order valence-corrected chi connectivity index (χ1v) is 6.65. The molecule has 96 valence electrons. The first kappa shape index (κ1) is 14.0. The number of benzene rings is 1. The van der Waals surface area contributed by atoms with Crippen LogP contribution in [0.3, 0.4) is 0 Å². The lowest BCUT2D eigenvalue weighted by Gasteiger charge is -2.11. The monoisotopic (exact) mass is 235 g/mol. The van der Waals surface area contributed by atoms with E-state index in [1.165, 1.54) is 18.4 Å². The lowest BCUT2D eigenvalue weighted by atomic mass is 10.2. The second-order valence-electron chi connectivity index (χ2n) is 4.63. The first-order valence-electron chi connectivity index (χ1n) is 6.65. The van der Waals surface area contributed by atoms with E-state index in [9.17, 15) is 0 Å². The van der Waals surface area contributed by atoms with Crippen molar-refractivity contribution in [3.05, 3.63) is 29.8 Å². The van der Waals surface area contributed by atoms with Gasteiger partial charge in [-0.2, -0.15) is 0 Å². The number of unbranched alkanes of at least 4 members (excludes halogenated alkanes) is 1. The highest BCUT2D eigenvalue weighted by molar-refractivity contribution is 5.26. The number of hydrogen-bond donors (Lipinski definition) is 1. The fourth-order valence-corrected chi connectivity index (χ4v) is 1.54. The Labute approximate surface area is 105 Å². The van der Waals surface area contributed by atoms with Crippen molar-refractivity contribution in [1.29, 1.82) is 0 Å². The molecule has 2 heteroatoms. The van der Waals surface area contributed by atoms with E-state index in [-0.39, 0.29) is 0 Å². The zero-order valence-electron chi connectivity index (χ0n) is 11.3. The van der Waals surface area contributed by atoms with Gasteiger partial charge in [0.05, 0.1) is 6.61 Å². The molecule has 0 aliphatic heterocycles. The fourth-order valence-electron chi connectivity index (χ4n) is 1.54. The van der Waals surface area contributed by atoms with E-state index in [1.807, 2.05) is 12.1 Å². The molecule has 1 N–H and O–H groups in total. The third kappa shape index (κ3) is 6.32. The molecule has 17 heavy (non-hydrogen) atoms. The van der Waals surface area contributed by atoms with Crippen LogP contribution in [0.1, 0.15) is 38.7 Å². The van der Waals surface area contributed by atoms with E-state index in [1.54, 1.807) is 0 Å². The van der Waals surface area contributed by atoms with Crippen LogP contribution in [0.2, 0.25) is 0 Å². The summed E-state index contributed by atoms with van der Waals surface area (Å²) >= 11 is 0. The van der Waals surface area contributed by atoms with E-state index in [0.717, 1.165) is 25.3 Å². The molecule has 1 aromatic rings. The maximum absolute atomic E-state index is 5.67. The molecule has 2 nitrogen and oxygen atoms in total. The molecule has 0 aromatic heterocycles. The zero-order valence-corrected chi connectivity index (χ0v) is 11.3. The van der Waals surface area contributed by atoms with Crippen molar-refractivity contribution in [2.75, 3.05) is 13.2 Å². The van der Waals surface area contributed by atoms with Crippen molar-refractivity contribution < 1.29 is 4.74 Å². The van der Waals surface area contributed by atoms with Gasteiger partial charge in [-0.3, -0.25) is 0 Å². The van der Waals surface area contributed by atoms with Crippen molar-refractivity contribution >= 4 is 0 Å².